The number of aryl methyl sites for hydroxylation is 1. The fourth-order valence-electron chi connectivity index (χ4n) is 4.03. The van der Waals surface area contributed by atoms with Gasteiger partial charge < -0.3 is 14.7 Å². The van der Waals surface area contributed by atoms with Crippen LogP contribution in [0.4, 0.5) is 5.69 Å². The molecule has 0 unspecified atom stereocenters. The molecular weight excluding hydrogens is 438 g/mol. The van der Waals surface area contributed by atoms with Crippen LogP contribution in [-0.4, -0.2) is 38.7 Å². The first-order valence-electron chi connectivity index (χ1n) is 10.4. The Hall–Kier alpha value is -4.53. The molecule has 9 nitrogen and oxygen atoms in total. The minimum atomic E-state index is -0.942. The quantitative estimate of drug-likeness (QED) is 0.195. The number of methoxy groups -OCH3 is 1. The maximum absolute atomic E-state index is 13.2. The van der Waals surface area contributed by atoms with Crippen molar-refractivity contribution in [1.82, 2.24) is 9.88 Å². The number of aliphatic hydroxyl groups excluding tert-OH is 1. The van der Waals surface area contributed by atoms with Crippen LogP contribution in [0.15, 0.2) is 72.6 Å². The van der Waals surface area contributed by atoms with Crippen LogP contribution in [0.1, 0.15) is 28.3 Å². The predicted molar refractivity (Wildman–Crippen MR) is 123 cm³/mol. The van der Waals surface area contributed by atoms with Gasteiger partial charge in [0.15, 0.2) is 0 Å². The average Bonchev–Trinajstić information content (AvgIpc) is 3.09. The minimum Gasteiger partial charge on any atom is -0.507 e. The van der Waals surface area contributed by atoms with Gasteiger partial charge in [-0.1, -0.05) is 6.07 Å². The van der Waals surface area contributed by atoms with Crippen molar-refractivity contribution in [2.45, 2.75) is 19.5 Å². The van der Waals surface area contributed by atoms with Crippen molar-refractivity contribution in [3.63, 3.8) is 0 Å². The number of aliphatic hydroxyl groups is 1. The summed E-state index contributed by atoms with van der Waals surface area (Å²) in [6.07, 6.45) is 3.18. The topological polar surface area (TPSA) is 123 Å². The lowest BCUT2D eigenvalue weighted by molar-refractivity contribution is -0.384. The SMILES string of the molecule is COc1ccc(C(O)=C2C(=O)C(=O)N(Cc3cccnc3)[C@@H]2c2ccc([N+](=O)[O-])cc2)c(C)c1. The van der Waals surface area contributed by atoms with E-state index in [-0.39, 0.29) is 23.6 Å². The monoisotopic (exact) mass is 459 g/mol. The van der Waals surface area contributed by atoms with Gasteiger partial charge in [-0.25, -0.2) is 0 Å². The van der Waals surface area contributed by atoms with Crippen LogP contribution in [0.3, 0.4) is 0 Å². The molecule has 1 N–H and O–H groups in total. The molecule has 1 fully saturated rings. The van der Waals surface area contributed by atoms with E-state index in [0.717, 1.165) is 0 Å². The number of nitro groups is 1. The number of hydrogen-bond acceptors (Lipinski definition) is 7. The van der Waals surface area contributed by atoms with Gasteiger partial charge in [0.25, 0.3) is 17.4 Å². The summed E-state index contributed by atoms with van der Waals surface area (Å²) in [6.45, 7) is 1.82. The zero-order chi connectivity index (χ0) is 24.4. The summed E-state index contributed by atoms with van der Waals surface area (Å²) in [7, 11) is 1.52. The first kappa shape index (κ1) is 22.7. The lowest BCUT2D eigenvalue weighted by Gasteiger charge is -2.25. The van der Waals surface area contributed by atoms with E-state index in [4.69, 9.17) is 4.74 Å². The Morgan fingerprint density at radius 1 is 1.18 bits per heavy atom. The highest BCUT2D eigenvalue weighted by molar-refractivity contribution is 6.46. The second-order valence-corrected chi connectivity index (χ2v) is 7.82. The Bertz CT molecular complexity index is 1300. The minimum absolute atomic E-state index is 0.0679. The molecule has 1 amide bonds. The van der Waals surface area contributed by atoms with Crippen LogP contribution in [0.2, 0.25) is 0 Å². The van der Waals surface area contributed by atoms with E-state index in [1.807, 2.05) is 0 Å². The summed E-state index contributed by atoms with van der Waals surface area (Å²) >= 11 is 0. The lowest BCUT2D eigenvalue weighted by Crippen LogP contribution is -2.29. The van der Waals surface area contributed by atoms with Crippen LogP contribution in [0.5, 0.6) is 5.75 Å². The van der Waals surface area contributed by atoms with Crippen molar-refractivity contribution in [2.75, 3.05) is 7.11 Å². The zero-order valence-electron chi connectivity index (χ0n) is 18.5. The number of hydrogen-bond donors (Lipinski definition) is 1. The van der Waals surface area contributed by atoms with Crippen molar-refractivity contribution in [3.05, 3.63) is 105 Å². The Kier molecular flexibility index (Phi) is 6.09. The third-order valence-electron chi connectivity index (χ3n) is 5.72. The Morgan fingerprint density at radius 2 is 1.91 bits per heavy atom. The third-order valence-corrected chi connectivity index (χ3v) is 5.72. The summed E-state index contributed by atoms with van der Waals surface area (Å²) < 4.78 is 5.21. The maximum Gasteiger partial charge on any atom is 0.295 e. The van der Waals surface area contributed by atoms with Gasteiger partial charge in [0.05, 0.1) is 23.6 Å². The van der Waals surface area contributed by atoms with Crippen molar-refractivity contribution in [3.8, 4) is 5.75 Å². The molecule has 0 aliphatic carbocycles. The second-order valence-electron chi connectivity index (χ2n) is 7.82. The summed E-state index contributed by atoms with van der Waals surface area (Å²) in [4.78, 5) is 42.2. The highest BCUT2D eigenvalue weighted by Gasteiger charge is 2.46. The van der Waals surface area contributed by atoms with Crippen molar-refractivity contribution < 1.29 is 24.4 Å². The molecule has 3 aromatic rings. The summed E-state index contributed by atoms with van der Waals surface area (Å²) in [6, 6.07) is 13.1. The van der Waals surface area contributed by atoms with Gasteiger partial charge in [-0.2, -0.15) is 0 Å². The molecule has 0 spiro atoms. The summed E-state index contributed by atoms with van der Waals surface area (Å²) in [5, 5.41) is 22.3. The number of nitrogens with zero attached hydrogens (tertiary/aromatic N) is 3. The van der Waals surface area contributed by atoms with Gasteiger partial charge in [-0.05, 0) is 60.0 Å². The normalized spacial score (nSPS) is 17.1. The number of carbonyl (C=O) groups excluding carboxylic acids is 2. The molecule has 34 heavy (non-hydrogen) atoms. The molecule has 1 saturated heterocycles. The largest absolute Gasteiger partial charge is 0.507 e. The molecular formula is C25H21N3O6. The Labute approximate surface area is 195 Å². The number of benzene rings is 2. The molecule has 1 atom stereocenters. The molecule has 2 heterocycles. The molecule has 0 radical (unpaired) electrons. The van der Waals surface area contributed by atoms with Gasteiger partial charge >= 0.3 is 0 Å². The maximum atomic E-state index is 13.2. The van der Waals surface area contributed by atoms with Crippen LogP contribution in [0.25, 0.3) is 5.76 Å². The number of aromatic nitrogens is 1. The number of Topliss-reactive ketones (excluding diaryl/α,β-unsaturated/α-hetero) is 1. The van der Waals surface area contributed by atoms with E-state index >= 15 is 0 Å². The summed E-state index contributed by atoms with van der Waals surface area (Å²) in [5.41, 5.74) is 1.97. The molecule has 2 aromatic carbocycles. The van der Waals surface area contributed by atoms with Crippen LogP contribution >= 0.6 is 0 Å². The van der Waals surface area contributed by atoms with Crippen molar-refractivity contribution >= 4 is 23.1 Å². The molecule has 1 aromatic heterocycles. The number of ether oxygens (including phenoxy) is 1. The number of rotatable bonds is 6. The smallest absolute Gasteiger partial charge is 0.295 e. The van der Waals surface area contributed by atoms with Gasteiger partial charge in [0.2, 0.25) is 0 Å². The number of carbonyl (C=O) groups is 2. The number of pyridine rings is 1. The van der Waals surface area contributed by atoms with Crippen LogP contribution < -0.4 is 4.74 Å². The van der Waals surface area contributed by atoms with Crippen molar-refractivity contribution in [2.24, 2.45) is 0 Å². The van der Waals surface area contributed by atoms with E-state index in [1.54, 1.807) is 49.6 Å². The van der Waals surface area contributed by atoms with E-state index in [2.05, 4.69) is 4.98 Å². The Balaban J connectivity index is 1.87. The average molecular weight is 459 g/mol. The first-order valence-corrected chi connectivity index (χ1v) is 10.4. The van der Waals surface area contributed by atoms with Gasteiger partial charge in [0, 0.05) is 36.6 Å². The van der Waals surface area contributed by atoms with Gasteiger partial charge in [0.1, 0.15) is 11.5 Å². The molecule has 0 bridgehead atoms. The molecule has 4 rings (SSSR count). The molecule has 9 heteroatoms. The van der Waals surface area contributed by atoms with E-state index in [0.29, 0.717) is 28.0 Å². The van der Waals surface area contributed by atoms with Gasteiger partial charge in [-0.15, -0.1) is 0 Å². The third kappa shape index (κ3) is 4.11. The van der Waals surface area contributed by atoms with E-state index < -0.39 is 22.7 Å². The zero-order valence-corrected chi connectivity index (χ0v) is 18.5. The van der Waals surface area contributed by atoms with Crippen molar-refractivity contribution in [1.29, 1.82) is 0 Å². The summed E-state index contributed by atoms with van der Waals surface area (Å²) in [5.74, 6) is -1.35. The highest BCUT2D eigenvalue weighted by atomic mass is 16.6. The highest BCUT2D eigenvalue weighted by Crippen LogP contribution is 2.41. The van der Waals surface area contributed by atoms with Gasteiger partial charge in [-0.3, -0.25) is 24.7 Å². The van der Waals surface area contributed by atoms with Crippen LogP contribution in [-0.2, 0) is 16.1 Å². The molecule has 1 aliphatic rings. The molecule has 0 saturated carbocycles. The number of nitro benzene ring substituents is 1. The van der Waals surface area contributed by atoms with E-state index in [1.165, 1.54) is 36.3 Å². The van der Waals surface area contributed by atoms with E-state index in [9.17, 15) is 24.8 Å². The Morgan fingerprint density at radius 3 is 2.50 bits per heavy atom. The first-order chi connectivity index (χ1) is 16.3. The second kappa shape index (κ2) is 9.14. The number of ketones is 1. The number of likely N-dealkylation sites (tertiary alicyclic amines) is 1. The predicted octanol–water partition coefficient (Wildman–Crippen LogP) is 3.93. The fourth-order valence-corrected chi connectivity index (χ4v) is 4.03. The molecule has 1 aliphatic heterocycles. The molecule has 172 valence electrons. The number of non-ortho nitro benzene ring substituents is 1. The lowest BCUT2D eigenvalue weighted by atomic mass is 9.93. The fraction of sp³-hybridized carbons (Fsp3) is 0.160. The van der Waals surface area contributed by atoms with Crippen LogP contribution in [0, 0.1) is 17.0 Å². The number of amides is 1. The standard InChI is InChI=1S/C25H21N3O6/c1-15-12-19(34-2)9-10-20(15)23(29)21-22(17-5-7-18(8-6-17)28(32)33)27(25(31)24(21)30)14-16-4-3-11-26-13-16/h3-13,22,29H,14H2,1-2H3/t22-/m1/s1.